The number of rotatable bonds is 5. The van der Waals surface area contributed by atoms with Crippen LogP contribution in [0.3, 0.4) is 0 Å². The van der Waals surface area contributed by atoms with Crippen molar-refractivity contribution in [3.8, 4) is 0 Å². The van der Waals surface area contributed by atoms with Crippen molar-refractivity contribution in [3.05, 3.63) is 34.4 Å². The topological polar surface area (TPSA) is 29.5 Å². The lowest BCUT2D eigenvalue weighted by molar-refractivity contribution is -0.141. The van der Waals surface area contributed by atoms with Crippen molar-refractivity contribution in [3.63, 3.8) is 0 Å². The lowest BCUT2D eigenvalue weighted by atomic mass is 9.99. The molecule has 0 N–H and O–H groups in total. The van der Waals surface area contributed by atoms with Crippen LogP contribution < -0.4 is 0 Å². The van der Waals surface area contributed by atoms with E-state index in [1.807, 2.05) is 11.9 Å². The molecule has 0 atom stereocenters. The van der Waals surface area contributed by atoms with Gasteiger partial charge in [-0.3, -0.25) is 9.69 Å². The molecule has 100 valence electrons. The molecule has 0 radical (unpaired) electrons. The Morgan fingerprint density at radius 1 is 1.17 bits per heavy atom. The van der Waals surface area contributed by atoms with Gasteiger partial charge in [0.1, 0.15) is 0 Å². The number of carbonyl (C=O) groups excluding carboxylic acids is 1. The zero-order valence-corrected chi connectivity index (χ0v) is 12.0. The van der Waals surface area contributed by atoms with Gasteiger partial charge in [0, 0.05) is 6.54 Å². The van der Waals surface area contributed by atoms with Crippen LogP contribution in [0, 0.1) is 20.8 Å². The molecule has 18 heavy (non-hydrogen) atoms. The third-order valence-electron chi connectivity index (χ3n) is 3.34. The molecule has 3 nitrogen and oxygen atoms in total. The van der Waals surface area contributed by atoms with Gasteiger partial charge in [-0.15, -0.1) is 0 Å². The van der Waals surface area contributed by atoms with Crippen LogP contribution in [0.4, 0.5) is 0 Å². The van der Waals surface area contributed by atoms with E-state index in [-0.39, 0.29) is 5.97 Å². The van der Waals surface area contributed by atoms with Crippen molar-refractivity contribution in [2.75, 3.05) is 27.2 Å². The highest BCUT2D eigenvalue weighted by molar-refractivity contribution is 5.71. The summed E-state index contributed by atoms with van der Waals surface area (Å²) in [4.78, 5) is 13.1. The summed E-state index contributed by atoms with van der Waals surface area (Å²) in [5, 5.41) is 0. The third kappa shape index (κ3) is 4.15. The molecule has 0 spiro atoms. The molecule has 1 aromatic rings. The maximum Gasteiger partial charge on any atom is 0.319 e. The Hall–Kier alpha value is -1.35. The quantitative estimate of drug-likeness (QED) is 0.750. The van der Waals surface area contributed by atoms with Crippen LogP contribution in [0.15, 0.2) is 12.1 Å². The van der Waals surface area contributed by atoms with Gasteiger partial charge in [-0.05, 0) is 56.5 Å². The Balaban J connectivity index is 2.58. The van der Waals surface area contributed by atoms with Crippen LogP contribution >= 0.6 is 0 Å². The highest BCUT2D eigenvalue weighted by Crippen LogP contribution is 2.15. The first-order valence-corrected chi connectivity index (χ1v) is 6.26. The van der Waals surface area contributed by atoms with Crippen molar-refractivity contribution in [2.24, 2.45) is 0 Å². The monoisotopic (exact) mass is 249 g/mol. The largest absolute Gasteiger partial charge is 0.468 e. The number of carbonyl (C=O) groups is 1. The molecule has 0 aromatic heterocycles. The first-order chi connectivity index (χ1) is 8.43. The summed E-state index contributed by atoms with van der Waals surface area (Å²) in [6.45, 7) is 7.62. The first-order valence-electron chi connectivity index (χ1n) is 6.26. The van der Waals surface area contributed by atoms with Crippen LogP contribution in [0.2, 0.25) is 0 Å². The fourth-order valence-electron chi connectivity index (χ4n) is 1.96. The molecule has 0 heterocycles. The van der Waals surface area contributed by atoms with E-state index >= 15 is 0 Å². The van der Waals surface area contributed by atoms with Crippen LogP contribution in [0.25, 0.3) is 0 Å². The average molecular weight is 249 g/mol. The Morgan fingerprint density at radius 3 is 2.39 bits per heavy atom. The number of esters is 1. The number of methoxy groups -OCH3 is 1. The van der Waals surface area contributed by atoms with Gasteiger partial charge in [0.05, 0.1) is 13.7 Å². The van der Waals surface area contributed by atoms with Gasteiger partial charge in [0.2, 0.25) is 0 Å². The maximum absolute atomic E-state index is 11.1. The molecule has 0 aliphatic carbocycles. The number of likely N-dealkylation sites (N-methyl/N-ethyl adjacent to an activating group) is 1. The molecule has 0 bridgehead atoms. The summed E-state index contributed by atoms with van der Waals surface area (Å²) in [6.07, 6.45) is 0.959. The summed E-state index contributed by atoms with van der Waals surface area (Å²) < 4.78 is 4.65. The van der Waals surface area contributed by atoms with Crippen LogP contribution in [0.1, 0.15) is 22.3 Å². The average Bonchev–Trinajstić information content (AvgIpc) is 2.32. The van der Waals surface area contributed by atoms with Gasteiger partial charge < -0.3 is 4.74 Å². The van der Waals surface area contributed by atoms with Gasteiger partial charge in [0.25, 0.3) is 0 Å². The molecule has 0 saturated carbocycles. The number of ether oxygens (including phenoxy) is 1. The summed E-state index contributed by atoms with van der Waals surface area (Å²) in [5.41, 5.74) is 5.34. The molecule has 0 aliphatic heterocycles. The molecule has 1 aromatic carbocycles. The molecular weight excluding hydrogens is 226 g/mol. The molecule has 1 rings (SSSR count). The molecule has 0 aliphatic rings. The predicted molar refractivity (Wildman–Crippen MR) is 73.9 cm³/mol. The number of nitrogens with zero attached hydrogens (tertiary/aromatic N) is 1. The number of aryl methyl sites for hydroxylation is 3. The Kier molecular flexibility index (Phi) is 5.35. The lowest BCUT2D eigenvalue weighted by Crippen LogP contribution is -2.28. The van der Waals surface area contributed by atoms with E-state index in [0.717, 1.165) is 13.0 Å². The van der Waals surface area contributed by atoms with Crippen molar-refractivity contribution >= 4 is 5.97 Å². The molecular formula is C15H23NO2. The van der Waals surface area contributed by atoms with E-state index in [2.05, 4.69) is 37.6 Å². The second kappa shape index (κ2) is 6.55. The van der Waals surface area contributed by atoms with Crippen LogP contribution in [0.5, 0.6) is 0 Å². The van der Waals surface area contributed by atoms with Crippen LogP contribution in [-0.2, 0) is 16.0 Å². The smallest absolute Gasteiger partial charge is 0.319 e. The van der Waals surface area contributed by atoms with E-state index in [0.29, 0.717) is 6.54 Å². The number of benzene rings is 1. The zero-order valence-electron chi connectivity index (χ0n) is 12.0. The highest BCUT2D eigenvalue weighted by atomic mass is 16.5. The van der Waals surface area contributed by atoms with E-state index in [1.54, 1.807) is 0 Å². The fourth-order valence-corrected chi connectivity index (χ4v) is 1.96. The van der Waals surface area contributed by atoms with Crippen molar-refractivity contribution < 1.29 is 9.53 Å². The van der Waals surface area contributed by atoms with Crippen molar-refractivity contribution in [2.45, 2.75) is 27.2 Å². The van der Waals surface area contributed by atoms with Gasteiger partial charge in [-0.1, -0.05) is 12.1 Å². The minimum atomic E-state index is -0.186. The third-order valence-corrected chi connectivity index (χ3v) is 3.34. The summed E-state index contributed by atoms with van der Waals surface area (Å²) in [6, 6.07) is 4.47. The van der Waals surface area contributed by atoms with Gasteiger partial charge in [0.15, 0.2) is 0 Å². The second-order valence-corrected chi connectivity index (χ2v) is 4.93. The Morgan fingerprint density at radius 2 is 1.78 bits per heavy atom. The highest BCUT2D eigenvalue weighted by Gasteiger charge is 2.07. The predicted octanol–water partition coefficient (Wildman–Crippen LogP) is 2.26. The summed E-state index contributed by atoms with van der Waals surface area (Å²) in [7, 11) is 3.36. The fraction of sp³-hybridized carbons (Fsp3) is 0.533. The number of hydrogen-bond donors (Lipinski definition) is 0. The van der Waals surface area contributed by atoms with Gasteiger partial charge in [-0.25, -0.2) is 0 Å². The van der Waals surface area contributed by atoms with Gasteiger partial charge in [-0.2, -0.15) is 0 Å². The molecule has 3 heteroatoms. The van der Waals surface area contributed by atoms with Crippen molar-refractivity contribution in [1.82, 2.24) is 4.90 Å². The molecule has 0 saturated heterocycles. The van der Waals surface area contributed by atoms with Gasteiger partial charge >= 0.3 is 5.97 Å². The number of hydrogen-bond acceptors (Lipinski definition) is 3. The Labute approximate surface area is 110 Å². The van der Waals surface area contributed by atoms with E-state index in [4.69, 9.17) is 0 Å². The zero-order chi connectivity index (χ0) is 13.7. The van der Waals surface area contributed by atoms with E-state index in [9.17, 15) is 4.79 Å². The lowest BCUT2D eigenvalue weighted by Gasteiger charge is -2.16. The summed E-state index contributed by atoms with van der Waals surface area (Å²) >= 11 is 0. The minimum absolute atomic E-state index is 0.186. The molecule has 0 amide bonds. The maximum atomic E-state index is 11.1. The first kappa shape index (κ1) is 14.7. The molecule has 0 fully saturated rings. The molecule has 0 unspecified atom stereocenters. The van der Waals surface area contributed by atoms with Crippen molar-refractivity contribution in [1.29, 1.82) is 0 Å². The van der Waals surface area contributed by atoms with Crippen LogP contribution in [-0.4, -0.2) is 38.1 Å². The minimum Gasteiger partial charge on any atom is -0.468 e. The van der Waals surface area contributed by atoms with E-state index in [1.165, 1.54) is 29.4 Å². The summed E-state index contributed by atoms with van der Waals surface area (Å²) in [5.74, 6) is -0.186. The normalized spacial score (nSPS) is 10.8. The second-order valence-electron chi connectivity index (χ2n) is 4.93. The standard InChI is InChI=1S/C15H23NO2/c1-11-8-13(3)14(9-12(11)2)6-7-16(4)10-15(17)18-5/h8-9H,6-7,10H2,1-5H3. The SMILES string of the molecule is COC(=O)CN(C)CCc1cc(C)c(C)cc1C. The van der Waals surface area contributed by atoms with E-state index < -0.39 is 0 Å². The Bertz CT molecular complexity index is 427.